The molecule has 0 aromatic carbocycles. The summed E-state index contributed by atoms with van der Waals surface area (Å²) in [4.78, 5) is 4.07. The Kier molecular flexibility index (Phi) is 3.34. The van der Waals surface area contributed by atoms with Crippen LogP contribution in [-0.2, 0) is 0 Å². The van der Waals surface area contributed by atoms with Crippen LogP contribution in [0, 0.1) is 13.8 Å². The quantitative estimate of drug-likeness (QED) is 0.551. The van der Waals surface area contributed by atoms with E-state index in [-0.39, 0.29) is 6.04 Å². The maximum atomic E-state index is 5.05. The van der Waals surface area contributed by atoms with Gasteiger partial charge in [-0.15, -0.1) is 0 Å². The number of hydrogen-bond donors (Lipinski definition) is 0. The Balaban J connectivity index is 3.09. The summed E-state index contributed by atoms with van der Waals surface area (Å²) in [5, 5.41) is 6.27. The molecule has 0 radical (unpaired) electrons. The molecule has 0 fully saturated rings. The van der Waals surface area contributed by atoms with Crippen LogP contribution in [0.2, 0.25) is 0 Å². The molecule has 0 bridgehead atoms. The Morgan fingerprint density at radius 2 is 2.31 bits per heavy atom. The van der Waals surface area contributed by atoms with Gasteiger partial charge in [0.25, 0.3) is 0 Å². The number of isothiocyanates is 1. The Morgan fingerprint density at radius 1 is 1.62 bits per heavy atom. The van der Waals surface area contributed by atoms with Gasteiger partial charge in [0.05, 0.1) is 16.9 Å². The molecule has 0 saturated heterocycles. The lowest BCUT2D eigenvalue weighted by molar-refractivity contribution is 0.391. The minimum atomic E-state index is 0.0451. The third kappa shape index (κ3) is 2.02. The number of hydrogen-bond acceptors (Lipinski definition) is 4. The van der Waals surface area contributed by atoms with Crippen LogP contribution in [-0.4, -0.2) is 10.3 Å². The van der Waals surface area contributed by atoms with E-state index in [9.17, 15) is 0 Å². The van der Waals surface area contributed by atoms with Gasteiger partial charge in [0, 0.05) is 5.56 Å². The van der Waals surface area contributed by atoms with Gasteiger partial charge in [-0.2, -0.15) is 0 Å². The molecule has 0 amide bonds. The summed E-state index contributed by atoms with van der Waals surface area (Å²) in [6, 6.07) is 0.0451. The summed E-state index contributed by atoms with van der Waals surface area (Å²) < 4.78 is 5.05. The molecular formula is C9H12N2OS. The summed E-state index contributed by atoms with van der Waals surface area (Å²) in [6.07, 6.45) is 0.881. The fourth-order valence-corrected chi connectivity index (χ4v) is 1.52. The summed E-state index contributed by atoms with van der Waals surface area (Å²) in [7, 11) is 0. The van der Waals surface area contributed by atoms with Crippen molar-refractivity contribution >= 4 is 17.4 Å². The second-order valence-corrected chi connectivity index (χ2v) is 3.06. The van der Waals surface area contributed by atoms with E-state index in [0.29, 0.717) is 0 Å². The van der Waals surface area contributed by atoms with Gasteiger partial charge in [0.1, 0.15) is 5.76 Å². The van der Waals surface area contributed by atoms with Gasteiger partial charge in [0.2, 0.25) is 0 Å². The molecule has 1 heterocycles. The predicted octanol–water partition coefficient (Wildman–Crippen LogP) is 2.85. The van der Waals surface area contributed by atoms with E-state index in [2.05, 4.69) is 27.5 Å². The standard InChI is InChI=1S/C9H12N2OS/c1-4-8(10-5-13)9-6(2)11-12-7(9)3/h8H,4H2,1-3H3/t8-/m1/s1. The molecule has 0 spiro atoms. The first-order valence-corrected chi connectivity index (χ1v) is 4.61. The minimum absolute atomic E-state index is 0.0451. The molecule has 1 aromatic rings. The van der Waals surface area contributed by atoms with Crippen molar-refractivity contribution in [2.75, 3.05) is 0 Å². The average Bonchev–Trinajstić information content (AvgIpc) is 2.43. The number of thiocarbonyl (C=S) groups is 1. The van der Waals surface area contributed by atoms with Crippen molar-refractivity contribution < 1.29 is 4.52 Å². The highest BCUT2D eigenvalue weighted by Gasteiger charge is 2.17. The van der Waals surface area contributed by atoms with E-state index in [1.54, 1.807) is 0 Å². The molecule has 0 unspecified atom stereocenters. The zero-order valence-corrected chi connectivity index (χ0v) is 8.81. The molecule has 3 nitrogen and oxygen atoms in total. The molecule has 1 rings (SSSR count). The van der Waals surface area contributed by atoms with E-state index < -0.39 is 0 Å². The van der Waals surface area contributed by atoms with Gasteiger partial charge in [-0.3, -0.25) is 0 Å². The summed E-state index contributed by atoms with van der Waals surface area (Å²) in [5.74, 6) is 0.818. The molecule has 70 valence electrons. The normalized spacial score (nSPS) is 12.2. The van der Waals surface area contributed by atoms with Gasteiger partial charge >= 0.3 is 0 Å². The molecule has 0 saturated carbocycles. The fraction of sp³-hybridized carbons (Fsp3) is 0.556. The molecule has 0 aliphatic carbocycles. The van der Waals surface area contributed by atoms with E-state index >= 15 is 0 Å². The lowest BCUT2D eigenvalue weighted by Gasteiger charge is -2.06. The lowest BCUT2D eigenvalue weighted by atomic mass is 10.0. The third-order valence-corrected chi connectivity index (χ3v) is 2.12. The van der Waals surface area contributed by atoms with E-state index in [1.165, 1.54) is 0 Å². The predicted molar refractivity (Wildman–Crippen MR) is 54.0 cm³/mol. The number of rotatable bonds is 3. The molecule has 0 aliphatic rings. The second kappa shape index (κ2) is 4.30. The van der Waals surface area contributed by atoms with Crippen molar-refractivity contribution in [2.45, 2.75) is 33.2 Å². The van der Waals surface area contributed by atoms with Crippen LogP contribution in [0.25, 0.3) is 0 Å². The summed E-state index contributed by atoms with van der Waals surface area (Å²) >= 11 is 4.59. The summed E-state index contributed by atoms with van der Waals surface area (Å²) in [5.41, 5.74) is 1.93. The Hall–Kier alpha value is -0.990. The molecule has 0 N–H and O–H groups in total. The molecule has 13 heavy (non-hydrogen) atoms. The Labute approximate surface area is 82.8 Å². The van der Waals surface area contributed by atoms with Crippen LogP contribution in [0.5, 0.6) is 0 Å². The van der Waals surface area contributed by atoms with Crippen molar-refractivity contribution in [1.82, 2.24) is 5.16 Å². The van der Waals surface area contributed by atoms with Gasteiger partial charge in [-0.1, -0.05) is 12.1 Å². The first-order valence-electron chi connectivity index (χ1n) is 4.20. The monoisotopic (exact) mass is 196 g/mol. The van der Waals surface area contributed by atoms with Crippen LogP contribution in [0.1, 0.15) is 36.4 Å². The Morgan fingerprint density at radius 3 is 2.69 bits per heavy atom. The largest absolute Gasteiger partial charge is 0.361 e. The number of nitrogens with zero attached hydrogens (tertiary/aromatic N) is 2. The molecule has 1 atom stereocenters. The fourth-order valence-electron chi connectivity index (χ4n) is 1.39. The Bertz CT molecular complexity index is 320. The van der Waals surface area contributed by atoms with Crippen LogP contribution < -0.4 is 0 Å². The topological polar surface area (TPSA) is 38.4 Å². The maximum absolute atomic E-state index is 5.05. The highest BCUT2D eigenvalue weighted by Crippen LogP contribution is 2.26. The average molecular weight is 196 g/mol. The van der Waals surface area contributed by atoms with Crippen molar-refractivity contribution in [2.24, 2.45) is 4.99 Å². The second-order valence-electron chi connectivity index (χ2n) is 2.88. The zero-order chi connectivity index (χ0) is 9.84. The van der Waals surface area contributed by atoms with Crippen LogP contribution in [0.4, 0.5) is 0 Å². The highest BCUT2D eigenvalue weighted by atomic mass is 32.1. The first-order chi connectivity index (χ1) is 6.20. The van der Waals surface area contributed by atoms with Gasteiger partial charge in [-0.25, -0.2) is 4.99 Å². The number of aromatic nitrogens is 1. The lowest BCUT2D eigenvalue weighted by Crippen LogP contribution is -1.96. The smallest absolute Gasteiger partial charge is 0.139 e. The van der Waals surface area contributed by atoms with Crippen LogP contribution >= 0.6 is 12.2 Å². The van der Waals surface area contributed by atoms with Crippen molar-refractivity contribution in [3.8, 4) is 0 Å². The maximum Gasteiger partial charge on any atom is 0.139 e. The summed E-state index contributed by atoms with van der Waals surface area (Å²) in [6.45, 7) is 5.84. The molecule has 1 aromatic heterocycles. The molecule has 4 heteroatoms. The van der Waals surface area contributed by atoms with Crippen molar-refractivity contribution in [1.29, 1.82) is 0 Å². The third-order valence-electron chi connectivity index (χ3n) is 2.02. The van der Waals surface area contributed by atoms with Gasteiger partial charge < -0.3 is 4.52 Å². The zero-order valence-electron chi connectivity index (χ0n) is 8.00. The minimum Gasteiger partial charge on any atom is -0.361 e. The van der Waals surface area contributed by atoms with Crippen LogP contribution in [0.15, 0.2) is 9.52 Å². The van der Waals surface area contributed by atoms with E-state index in [4.69, 9.17) is 4.52 Å². The number of aryl methyl sites for hydroxylation is 2. The first kappa shape index (κ1) is 10.1. The molecular weight excluding hydrogens is 184 g/mol. The molecule has 0 aliphatic heterocycles. The van der Waals surface area contributed by atoms with E-state index in [0.717, 1.165) is 23.4 Å². The highest BCUT2D eigenvalue weighted by molar-refractivity contribution is 7.78. The van der Waals surface area contributed by atoms with Crippen LogP contribution in [0.3, 0.4) is 0 Å². The van der Waals surface area contributed by atoms with Gasteiger partial charge in [-0.05, 0) is 32.5 Å². The SMILES string of the molecule is CC[C@@H](N=C=S)c1c(C)noc1C. The van der Waals surface area contributed by atoms with Crippen molar-refractivity contribution in [3.05, 3.63) is 17.0 Å². The van der Waals surface area contributed by atoms with Gasteiger partial charge in [0.15, 0.2) is 0 Å². The van der Waals surface area contributed by atoms with E-state index in [1.807, 2.05) is 20.8 Å². The number of aliphatic imine (C=N–C) groups is 1. The van der Waals surface area contributed by atoms with Crippen molar-refractivity contribution in [3.63, 3.8) is 0 Å².